The third-order valence-electron chi connectivity index (χ3n) is 2.72. The molecule has 0 aromatic heterocycles. The Morgan fingerprint density at radius 1 is 1.22 bits per heavy atom. The van der Waals surface area contributed by atoms with Crippen LogP contribution in [0.5, 0.6) is 5.75 Å². The van der Waals surface area contributed by atoms with E-state index in [2.05, 4.69) is 10.1 Å². The van der Waals surface area contributed by atoms with Crippen LogP contribution in [0.1, 0.15) is 17.5 Å². The maximum absolute atomic E-state index is 12.2. The van der Waals surface area contributed by atoms with E-state index in [1.807, 2.05) is 12.1 Å². The fourth-order valence-electron chi connectivity index (χ4n) is 2.01. The number of halogens is 3. The summed E-state index contributed by atoms with van der Waals surface area (Å²) in [4.78, 5) is 0. The summed E-state index contributed by atoms with van der Waals surface area (Å²) in [7, 11) is 0. The zero-order valence-electron chi connectivity index (χ0n) is 9.97. The van der Waals surface area contributed by atoms with Gasteiger partial charge in [-0.15, -0.1) is 13.2 Å². The standard InChI is InChI=1S/C13H14F3NO/c1-9-6-11(10-2-4-17-5-3-10)8-12(7-9)18-13(14,15)16/h2,6-8,17H,3-5H2,1H3. The number of benzene rings is 1. The van der Waals surface area contributed by atoms with Crippen molar-refractivity contribution in [3.63, 3.8) is 0 Å². The first kappa shape index (κ1) is 13.0. The van der Waals surface area contributed by atoms with Gasteiger partial charge in [-0.05, 0) is 48.7 Å². The molecule has 1 aromatic rings. The lowest BCUT2D eigenvalue weighted by Crippen LogP contribution is -2.20. The smallest absolute Gasteiger partial charge is 0.406 e. The van der Waals surface area contributed by atoms with Crippen molar-refractivity contribution in [3.05, 3.63) is 35.4 Å². The first-order valence-corrected chi connectivity index (χ1v) is 5.71. The Balaban J connectivity index is 2.29. The van der Waals surface area contributed by atoms with Crippen LogP contribution in [0.2, 0.25) is 0 Å². The fraction of sp³-hybridized carbons (Fsp3) is 0.385. The van der Waals surface area contributed by atoms with Gasteiger partial charge in [0.15, 0.2) is 0 Å². The molecule has 1 aromatic carbocycles. The van der Waals surface area contributed by atoms with Crippen LogP contribution in [0.15, 0.2) is 24.3 Å². The lowest BCUT2D eigenvalue weighted by molar-refractivity contribution is -0.274. The molecule has 0 radical (unpaired) electrons. The molecule has 1 aliphatic rings. The van der Waals surface area contributed by atoms with Crippen molar-refractivity contribution in [2.75, 3.05) is 13.1 Å². The average Bonchev–Trinajstić information content (AvgIpc) is 2.27. The van der Waals surface area contributed by atoms with Gasteiger partial charge in [0.1, 0.15) is 5.75 Å². The van der Waals surface area contributed by atoms with Gasteiger partial charge in [-0.3, -0.25) is 0 Å². The molecule has 0 saturated carbocycles. The summed E-state index contributed by atoms with van der Waals surface area (Å²) in [6, 6.07) is 4.71. The molecule has 2 rings (SSSR count). The molecule has 0 saturated heterocycles. The number of hydrogen-bond donors (Lipinski definition) is 1. The molecule has 0 spiro atoms. The largest absolute Gasteiger partial charge is 0.573 e. The molecular weight excluding hydrogens is 243 g/mol. The lowest BCUT2D eigenvalue weighted by Gasteiger charge is -2.16. The summed E-state index contributed by atoms with van der Waals surface area (Å²) in [6.07, 6.45) is -1.84. The third-order valence-corrected chi connectivity index (χ3v) is 2.72. The van der Waals surface area contributed by atoms with E-state index in [1.165, 1.54) is 12.1 Å². The molecule has 0 aliphatic carbocycles. The Bertz CT molecular complexity index is 466. The summed E-state index contributed by atoms with van der Waals surface area (Å²) in [5.41, 5.74) is 2.62. The van der Waals surface area contributed by atoms with Crippen LogP contribution in [0.25, 0.3) is 5.57 Å². The molecule has 0 unspecified atom stereocenters. The average molecular weight is 257 g/mol. The molecular formula is C13H14F3NO. The van der Waals surface area contributed by atoms with E-state index in [9.17, 15) is 13.2 Å². The van der Waals surface area contributed by atoms with Crippen LogP contribution in [0.3, 0.4) is 0 Å². The molecule has 18 heavy (non-hydrogen) atoms. The summed E-state index contributed by atoms with van der Waals surface area (Å²) < 4.78 is 40.6. The van der Waals surface area contributed by atoms with Gasteiger partial charge in [-0.25, -0.2) is 0 Å². The molecule has 5 heteroatoms. The quantitative estimate of drug-likeness (QED) is 0.878. The Morgan fingerprint density at radius 3 is 2.61 bits per heavy atom. The molecule has 0 atom stereocenters. The molecule has 1 aliphatic heterocycles. The summed E-state index contributed by atoms with van der Waals surface area (Å²) >= 11 is 0. The number of rotatable bonds is 2. The molecule has 0 amide bonds. The molecule has 1 heterocycles. The summed E-state index contributed by atoms with van der Waals surface area (Å²) in [5.74, 6) is -0.156. The van der Waals surface area contributed by atoms with E-state index >= 15 is 0 Å². The SMILES string of the molecule is Cc1cc(OC(F)(F)F)cc(C2=CCNCC2)c1. The topological polar surface area (TPSA) is 21.3 Å². The zero-order valence-corrected chi connectivity index (χ0v) is 9.97. The number of hydrogen-bond acceptors (Lipinski definition) is 2. The zero-order chi connectivity index (χ0) is 13.2. The van der Waals surface area contributed by atoms with Crippen LogP contribution < -0.4 is 10.1 Å². The minimum Gasteiger partial charge on any atom is -0.406 e. The van der Waals surface area contributed by atoms with Crippen molar-refractivity contribution in [1.82, 2.24) is 5.32 Å². The van der Waals surface area contributed by atoms with Crippen molar-refractivity contribution >= 4 is 5.57 Å². The van der Waals surface area contributed by atoms with E-state index in [0.29, 0.717) is 0 Å². The number of aryl methyl sites for hydroxylation is 1. The first-order valence-electron chi connectivity index (χ1n) is 5.71. The van der Waals surface area contributed by atoms with Crippen LogP contribution in [-0.4, -0.2) is 19.5 Å². The Labute approximate surface area is 103 Å². The maximum Gasteiger partial charge on any atom is 0.573 e. The highest BCUT2D eigenvalue weighted by Crippen LogP contribution is 2.29. The normalized spacial score (nSPS) is 16.3. The van der Waals surface area contributed by atoms with E-state index in [4.69, 9.17) is 0 Å². The highest BCUT2D eigenvalue weighted by Gasteiger charge is 2.31. The Hall–Kier alpha value is -1.49. The minimum absolute atomic E-state index is 0.156. The van der Waals surface area contributed by atoms with Crippen LogP contribution in [0, 0.1) is 6.92 Å². The molecule has 98 valence electrons. The van der Waals surface area contributed by atoms with Crippen molar-refractivity contribution < 1.29 is 17.9 Å². The van der Waals surface area contributed by atoms with Gasteiger partial charge in [-0.1, -0.05) is 12.1 Å². The fourth-order valence-corrected chi connectivity index (χ4v) is 2.01. The van der Waals surface area contributed by atoms with Gasteiger partial charge in [0.05, 0.1) is 0 Å². The number of ether oxygens (including phenoxy) is 1. The van der Waals surface area contributed by atoms with Crippen LogP contribution in [-0.2, 0) is 0 Å². The highest BCUT2D eigenvalue weighted by molar-refractivity contribution is 5.68. The second-order valence-corrected chi connectivity index (χ2v) is 4.27. The monoisotopic (exact) mass is 257 g/mol. The van der Waals surface area contributed by atoms with Crippen molar-refractivity contribution in [3.8, 4) is 5.75 Å². The molecule has 0 bridgehead atoms. The van der Waals surface area contributed by atoms with Gasteiger partial charge < -0.3 is 10.1 Å². The van der Waals surface area contributed by atoms with E-state index in [1.54, 1.807) is 6.92 Å². The molecule has 2 nitrogen and oxygen atoms in total. The van der Waals surface area contributed by atoms with Crippen molar-refractivity contribution in [1.29, 1.82) is 0 Å². The lowest BCUT2D eigenvalue weighted by atomic mass is 9.98. The maximum atomic E-state index is 12.2. The second kappa shape index (κ2) is 5.02. The van der Waals surface area contributed by atoms with Gasteiger partial charge in [-0.2, -0.15) is 0 Å². The number of nitrogens with one attached hydrogen (secondary N) is 1. The second-order valence-electron chi connectivity index (χ2n) is 4.27. The van der Waals surface area contributed by atoms with Crippen molar-refractivity contribution in [2.45, 2.75) is 19.7 Å². The first-order chi connectivity index (χ1) is 8.44. The summed E-state index contributed by atoms with van der Waals surface area (Å²) in [6.45, 7) is 3.35. The molecule has 0 fully saturated rings. The summed E-state index contributed by atoms with van der Waals surface area (Å²) in [5, 5.41) is 3.16. The predicted octanol–water partition coefficient (Wildman–Crippen LogP) is 3.27. The Morgan fingerprint density at radius 2 is 2.00 bits per heavy atom. The highest BCUT2D eigenvalue weighted by atomic mass is 19.4. The number of alkyl halides is 3. The molecule has 1 N–H and O–H groups in total. The van der Waals surface area contributed by atoms with E-state index in [0.717, 1.165) is 36.2 Å². The van der Waals surface area contributed by atoms with Gasteiger partial charge in [0.25, 0.3) is 0 Å². The minimum atomic E-state index is -4.65. The van der Waals surface area contributed by atoms with E-state index < -0.39 is 6.36 Å². The third kappa shape index (κ3) is 3.50. The van der Waals surface area contributed by atoms with Crippen molar-refractivity contribution in [2.24, 2.45) is 0 Å². The van der Waals surface area contributed by atoms with Gasteiger partial charge in [0.2, 0.25) is 0 Å². The van der Waals surface area contributed by atoms with E-state index in [-0.39, 0.29) is 5.75 Å². The van der Waals surface area contributed by atoms with Gasteiger partial charge in [0, 0.05) is 6.54 Å². The van der Waals surface area contributed by atoms with Crippen LogP contribution in [0.4, 0.5) is 13.2 Å². The Kier molecular flexibility index (Phi) is 3.61. The predicted molar refractivity (Wildman–Crippen MR) is 63.3 cm³/mol. The van der Waals surface area contributed by atoms with Crippen LogP contribution >= 0.6 is 0 Å². The van der Waals surface area contributed by atoms with Gasteiger partial charge >= 0.3 is 6.36 Å².